The maximum absolute atomic E-state index is 11.4. The lowest BCUT2D eigenvalue weighted by Crippen LogP contribution is -2.33. The average molecular weight is 188 g/mol. The first-order valence-electron chi connectivity index (χ1n) is 4.59. The zero-order valence-corrected chi connectivity index (χ0v) is 9.22. The summed E-state index contributed by atoms with van der Waals surface area (Å²) >= 11 is 0. The number of esters is 1. The summed E-state index contributed by atoms with van der Waals surface area (Å²) < 4.78 is 9.96. The third-order valence-corrected chi connectivity index (χ3v) is 2.02. The quantitative estimate of drug-likeness (QED) is 0.632. The molecule has 0 radical (unpaired) electrons. The second-order valence-electron chi connectivity index (χ2n) is 4.10. The summed E-state index contributed by atoms with van der Waals surface area (Å²) in [5, 5.41) is 0. The summed E-state index contributed by atoms with van der Waals surface area (Å²) in [5.74, 6) is -0.376. The van der Waals surface area contributed by atoms with Crippen LogP contribution in [0.25, 0.3) is 0 Å². The molecule has 0 aliphatic carbocycles. The number of carbonyl (C=O) groups excluding carboxylic acids is 1. The van der Waals surface area contributed by atoms with Gasteiger partial charge in [-0.1, -0.05) is 20.8 Å². The first-order valence-corrected chi connectivity index (χ1v) is 4.59. The third kappa shape index (κ3) is 4.27. The molecule has 0 spiro atoms. The van der Waals surface area contributed by atoms with Gasteiger partial charge in [0.1, 0.15) is 0 Å². The van der Waals surface area contributed by atoms with Crippen LogP contribution in [0.15, 0.2) is 0 Å². The Balaban J connectivity index is 4.28. The van der Waals surface area contributed by atoms with Gasteiger partial charge in [-0.15, -0.1) is 0 Å². The van der Waals surface area contributed by atoms with E-state index >= 15 is 0 Å². The predicted octanol–water partition coefficient (Wildman–Crippen LogP) is 1.86. The Bertz CT molecular complexity index is 158. The summed E-state index contributed by atoms with van der Waals surface area (Å²) in [5.41, 5.74) is -0.109. The molecule has 3 heteroatoms. The van der Waals surface area contributed by atoms with E-state index < -0.39 is 0 Å². The molecular formula is C10H20O3. The van der Waals surface area contributed by atoms with Crippen LogP contribution in [0.1, 0.15) is 27.7 Å². The maximum atomic E-state index is 11.4. The van der Waals surface area contributed by atoms with Crippen LogP contribution in [-0.4, -0.2) is 26.3 Å². The van der Waals surface area contributed by atoms with E-state index in [1.165, 1.54) is 7.11 Å². The number of ether oxygens (including phenoxy) is 2. The van der Waals surface area contributed by atoms with Gasteiger partial charge < -0.3 is 9.47 Å². The highest BCUT2D eigenvalue weighted by Gasteiger charge is 2.32. The first-order chi connectivity index (χ1) is 5.93. The Morgan fingerprint density at radius 1 is 1.38 bits per heavy atom. The van der Waals surface area contributed by atoms with Gasteiger partial charge in [0.05, 0.1) is 19.6 Å². The highest BCUT2D eigenvalue weighted by molar-refractivity contribution is 5.73. The van der Waals surface area contributed by atoms with Gasteiger partial charge in [-0.2, -0.15) is 0 Å². The molecule has 0 heterocycles. The lowest BCUT2D eigenvalue weighted by Gasteiger charge is -2.27. The van der Waals surface area contributed by atoms with Crippen LogP contribution >= 0.6 is 0 Å². The zero-order valence-electron chi connectivity index (χ0n) is 9.22. The molecule has 0 aromatic carbocycles. The van der Waals surface area contributed by atoms with Gasteiger partial charge in [0.2, 0.25) is 0 Å². The van der Waals surface area contributed by atoms with E-state index in [4.69, 9.17) is 9.47 Å². The fraction of sp³-hybridized carbons (Fsp3) is 0.900. The second kappa shape index (κ2) is 5.22. The molecule has 0 aromatic rings. The van der Waals surface area contributed by atoms with Crippen molar-refractivity contribution >= 4 is 5.97 Å². The Morgan fingerprint density at radius 2 is 1.92 bits per heavy atom. The summed E-state index contributed by atoms with van der Waals surface area (Å²) in [6.07, 6.45) is 0. The summed E-state index contributed by atoms with van der Waals surface area (Å²) in [6, 6.07) is 0. The van der Waals surface area contributed by atoms with Crippen molar-refractivity contribution in [2.75, 3.05) is 20.3 Å². The molecule has 3 nitrogen and oxygen atoms in total. The molecule has 0 fully saturated rings. The molecule has 0 rings (SSSR count). The second-order valence-corrected chi connectivity index (χ2v) is 4.10. The van der Waals surface area contributed by atoms with Crippen LogP contribution in [-0.2, 0) is 14.3 Å². The number of rotatable bonds is 4. The summed E-state index contributed by atoms with van der Waals surface area (Å²) in [7, 11) is 1.41. The minimum absolute atomic E-state index is 0.109. The lowest BCUT2D eigenvalue weighted by molar-refractivity contribution is -0.152. The van der Waals surface area contributed by atoms with Crippen molar-refractivity contribution in [2.45, 2.75) is 27.7 Å². The number of hydrogen-bond acceptors (Lipinski definition) is 3. The molecule has 1 unspecified atom stereocenters. The highest BCUT2D eigenvalue weighted by Crippen LogP contribution is 2.27. The zero-order chi connectivity index (χ0) is 10.5. The van der Waals surface area contributed by atoms with Gasteiger partial charge in [0.15, 0.2) is 0 Å². The number of hydrogen-bond donors (Lipinski definition) is 0. The van der Waals surface area contributed by atoms with Crippen LogP contribution in [0.3, 0.4) is 0 Å². The Morgan fingerprint density at radius 3 is 2.23 bits per heavy atom. The fourth-order valence-electron chi connectivity index (χ4n) is 1.05. The molecule has 0 saturated heterocycles. The normalized spacial score (nSPS) is 13.9. The molecule has 0 saturated carbocycles. The molecule has 0 bridgehead atoms. The van der Waals surface area contributed by atoms with Crippen molar-refractivity contribution in [1.82, 2.24) is 0 Å². The molecule has 0 aliphatic heterocycles. The topological polar surface area (TPSA) is 35.5 Å². The van der Waals surface area contributed by atoms with E-state index in [1.807, 2.05) is 27.7 Å². The van der Waals surface area contributed by atoms with Crippen molar-refractivity contribution in [3.8, 4) is 0 Å². The van der Waals surface area contributed by atoms with Gasteiger partial charge in [-0.25, -0.2) is 0 Å². The van der Waals surface area contributed by atoms with Crippen LogP contribution in [0.2, 0.25) is 0 Å². The summed E-state index contributed by atoms with van der Waals surface area (Å²) in [4.78, 5) is 11.4. The van der Waals surface area contributed by atoms with Gasteiger partial charge in [0.25, 0.3) is 0 Å². The lowest BCUT2D eigenvalue weighted by atomic mass is 9.81. The van der Waals surface area contributed by atoms with Crippen molar-refractivity contribution in [1.29, 1.82) is 0 Å². The van der Waals surface area contributed by atoms with Crippen molar-refractivity contribution in [3.63, 3.8) is 0 Å². The molecule has 0 amide bonds. The minimum Gasteiger partial charge on any atom is -0.469 e. The first kappa shape index (κ1) is 12.4. The highest BCUT2D eigenvalue weighted by atomic mass is 16.5. The largest absolute Gasteiger partial charge is 0.469 e. The molecule has 0 aliphatic rings. The Kier molecular flexibility index (Phi) is 4.99. The van der Waals surface area contributed by atoms with E-state index in [0.29, 0.717) is 13.2 Å². The SMILES string of the molecule is CCOCC(C(=O)OC)C(C)(C)C. The Labute approximate surface area is 80.4 Å². The van der Waals surface area contributed by atoms with Crippen molar-refractivity contribution in [2.24, 2.45) is 11.3 Å². The maximum Gasteiger partial charge on any atom is 0.311 e. The van der Waals surface area contributed by atoms with E-state index in [1.54, 1.807) is 0 Å². The van der Waals surface area contributed by atoms with Gasteiger partial charge in [-0.3, -0.25) is 4.79 Å². The standard InChI is InChI=1S/C10H20O3/c1-6-13-7-8(9(11)12-5)10(2,3)4/h8H,6-7H2,1-5H3. The molecule has 78 valence electrons. The smallest absolute Gasteiger partial charge is 0.311 e. The van der Waals surface area contributed by atoms with Crippen LogP contribution in [0.5, 0.6) is 0 Å². The van der Waals surface area contributed by atoms with E-state index in [-0.39, 0.29) is 17.3 Å². The fourth-order valence-corrected chi connectivity index (χ4v) is 1.05. The molecule has 1 atom stereocenters. The number of carbonyl (C=O) groups is 1. The van der Waals surface area contributed by atoms with Crippen molar-refractivity contribution in [3.05, 3.63) is 0 Å². The Hall–Kier alpha value is -0.570. The van der Waals surface area contributed by atoms with Crippen LogP contribution in [0.4, 0.5) is 0 Å². The molecule has 0 N–H and O–H groups in total. The van der Waals surface area contributed by atoms with Crippen LogP contribution < -0.4 is 0 Å². The van der Waals surface area contributed by atoms with Crippen molar-refractivity contribution < 1.29 is 14.3 Å². The molecule has 13 heavy (non-hydrogen) atoms. The van der Waals surface area contributed by atoms with E-state index in [2.05, 4.69) is 0 Å². The molecular weight excluding hydrogens is 168 g/mol. The van der Waals surface area contributed by atoms with E-state index in [0.717, 1.165) is 0 Å². The predicted molar refractivity (Wildman–Crippen MR) is 51.5 cm³/mol. The van der Waals surface area contributed by atoms with Gasteiger partial charge in [-0.05, 0) is 12.3 Å². The van der Waals surface area contributed by atoms with E-state index in [9.17, 15) is 4.79 Å². The minimum atomic E-state index is -0.194. The summed E-state index contributed by atoms with van der Waals surface area (Å²) in [6.45, 7) is 9.00. The van der Waals surface area contributed by atoms with Gasteiger partial charge >= 0.3 is 5.97 Å². The van der Waals surface area contributed by atoms with Crippen LogP contribution in [0, 0.1) is 11.3 Å². The average Bonchev–Trinajstić information content (AvgIpc) is 2.02. The molecule has 0 aromatic heterocycles. The number of methoxy groups -OCH3 is 1. The van der Waals surface area contributed by atoms with Gasteiger partial charge in [0, 0.05) is 6.61 Å². The monoisotopic (exact) mass is 188 g/mol. The third-order valence-electron chi connectivity index (χ3n) is 2.02.